The van der Waals surface area contributed by atoms with Gasteiger partial charge in [-0.25, -0.2) is 0 Å². The Kier molecular flexibility index (Phi) is 6.25. The van der Waals surface area contributed by atoms with Gasteiger partial charge in [-0.05, 0) is 36.0 Å². The number of nitrogens with zero attached hydrogens (tertiary/aromatic N) is 3. The van der Waals surface area contributed by atoms with Crippen molar-refractivity contribution in [1.82, 2.24) is 5.01 Å². The van der Waals surface area contributed by atoms with Gasteiger partial charge in [-0.3, -0.25) is 14.9 Å². The maximum absolute atomic E-state index is 12.7. The molecule has 3 rings (SSSR count). The number of ether oxygens (including phenoxy) is 2. The van der Waals surface area contributed by atoms with E-state index < -0.39 is 10.8 Å². The average molecular weight is 429 g/mol. The van der Waals surface area contributed by atoms with Gasteiger partial charge in [0.15, 0.2) is 4.32 Å². The number of amides is 1. The highest BCUT2D eigenvalue weighted by molar-refractivity contribution is 8.26. The molecule has 2 aromatic rings. The molecule has 0 aromatic heterocycles. The molecule has 0 radical (unpaired) electrons. The van der Waals surface area contributed by atoms with Crippen molar-refractivity contribution in [1.29, 1.82) is 0 Å². The number of thiocarbonyl (C=S) groups is 1. The molecule has 148 valence electrons. The Bertz CT molecular complexity index is 1050. The molecule has 0 N–H and O–H groups in total. The van der Waals surface area contributed by atoms with Crippen molar-refractivity contribution in [3.63, 3.8) is 0 Å². The van der Waals surface area contributed by atoms with Crippen molar-refractivity contribution >= 4 is 52.2 Å². The van der Waals surface area contributed by atoms with E-state index in [0.717, 1.165) is 16.8 Å². The maximum Gasteiger partial charge on any atom is 0.286 e. The van der Waals surface area contributed by atoms with Gasteiger partial charge < -0.3 is 9.47 Å². The molecular weight excluding hydrogens is 414 g/mol. The maximum atomic E-state index is 12.7. The van der Waals surface area contributed by atoms with E-state index in [0.29, 0.717) is 27.5 Å². The SMILES string of the molecule is COc1ccc(/C=N/N2C(=O)/C(=C\c3cccc([N+](=O)[O-])c3)SC2=S)c(OC)c1. The molecule has 0 spiro atoms. The Balaban J connectivity index is 1.83. The number of hydrogen-bond donors (Lipinski definition) is 0. The number of thioether (sulfide) groups is 1. The zero-order valence-electron chi connectivity index (χ0n) is 15.4. The highest BCUT2D eigenvalue weighted by atomic mass is 32.2. The number of hydrogen-bond acceptors (Lipinski definition) is 8. The van der Waals surface area contributed by atoms with Gasteiger partial charge in [-0.2, -0.15) is 10.1 Å². The third kappa shape index (κ3) is 4.61. The summed E-state index contributed by atoms with van der Waals surface area (Å²) in [6, 6.07) is 11.2. The number of hydrazone groups is 1. The van der Waals surface area contributed by atoms with Crippen LogP contribution in [-0.2, 0) is 4.79 Å². The molecule has 10 heteroatoms. The first-order chi connectivity index (χ1) is 13.9. The molecule has 0 saturated carbocycles. The Morgan fingerprint density at radius 1 is 1.21 bits per heavy atom. The molecule has 1 aliphatic rings. The molecule has 1 heterocycles. The first-order valence-corrected chi connectivity index (χ1v) is 9.44. The second-order valence-corrected chi connectivity index (χ2v) is 7.37. The molecule has 1 amide bonds. The minimum absolute atomic E-state index is 0.0566. The van der Waals surface area contributed by atoms with Gasteiger partial charge in [0.2, 0.25) is 0 Å². The minimum Gasteiger partial charge on any atom is -0.497 e. The van der Waals surface area contributed by atoms with E-state index in [9.17, 15) is 14.9 Å². The molecule has 0 unspecified atom stereocenters. The lowest BCUT2D eigenvalue weighted by atomic mass is 10.2. The predicted molar refractivity (Wildman–Crippen MR) is 115 cm³/mol. The number of nitro groups is 1. The van der Waals surface area contributed by atoms with E-state index in [4.69, 9.17) is 21.7 Å². The van der Waals surface area contributed by atoms with Crippen LogP contribution in [0.15, 0.2) is 52.5 Å². The van der Waals surface area contributed by atoms with Crippen LogP contribution in [0.25, 0.3) is 6.08 Å². The highest BCUT2D eigenvalue weighted by Gasteiger charge is 2.32. The van der Waals surface area contributed by atoms with E-state index >= 15 is 0 Å². The largest absolute Gasteiger partial charge is 0.497 e. The van der Waals surface area contributed by atoms with Crippen LogP contribution in [0.1, 0.15) is 11.1 Å². The molecule has 2 aromatic carbocycles. The smallest absolute Gasteiger partial charge is 0.286 e. The monoisotopic (exact) mass is 429 g/mol. The Hall–Kier alpha value is -3.24. The second-order valence-electron chi connectivity index (χ2n) is 5.70. The van der Waals surface area contributed by atoms with Crippen molar-refractivity contribution in [2.75, 3.05) is 14.2 Å². The Morgan fingerprint density at radius 3 is 2.69 bits per heavy atom. The number of carbonyl (C=O) groups excluding carboxylic acids is 1. The summed E-state index contributed by atoms with van der Waals surface area (Å²) < 4.78 is 10.7. The summed E-state index contributed by atoms with van der Waals surface area (Å²) in [6.07, 6.45) is 3.02. The summed E-state index contributed by atoms with van der Waals surface area (Å²) in [6.45, 7) is 0. The van der Waals surface area contributed by atoms with Gasteiger partial charge in [0, 0.05) is 23.8 Å². The summed E-state index contributed by atoms with van der Waals surface area (Å²) in [5.74, 6) is 0.755. The zero-order valence-corrected chi connectivity index (χ0v) is 17.0. The first-order valence-electron chi connectivity index (χ1n) is 8.21. The van der Waals surface area contributed by atoms with E-state index in [1.54, 1.807) is 43.5 Å². The number of non-ortho nitro benzene ring substituents is 1. The summed E-state index contributed by atoms with van der Waals surface area (Å²) in [5.41, 5.74) is 1.12. The fourth-order valence-electron chi connectivity index (χ4n) is 2.48. The fourth-order valence-corrected chi connectivity index (χ4v) is 3.66. The Morgan fingerprint density at radius 2 is 2.00 bits per heavy atom. The third-order valence-electron chi connectivity index (χ3n) is 3.91. The topological polar surface area (TPSA) is 94.3 Å². The minimum atomic E-state index is -0.491. The quantitative estimate of drug-likeness (QED) is 0.226. The van der Waals surface area contributed by atoms with Gasteiger partial charge in [-0.1, -0.05) is 23.9 Å². The molecular formula is C19H15N3O5S2. The van der Waals surface area contributed by atoms with Crippen molar-refractivity contribution in [2.24, 2.45) is 5.10 Å². The standard InChI is InChI=1S/C19H15N3O5S2/c1-26-15-7-6-13(16(10-15)27-2)11-20-21-18(23)17(29-19(21)28)9-12-4-3-5-14(8-12)22(24)25/h3-11H,1-2H3/b17-9+,20-11+. The van der Waals surface area contributed by atoms with E-state index in [-0.39, 0.29) is 10.0 Å². The number of benzene rings is 2. The normalized spacial score (nSPS) is 15.4. The molecule has 0 bridgehead atoms. The van der Waals surface area contributed by atoms with E-state index in [2.05, 4.69) is 5.10 Å². The van der Waals surface area contributed by atoms with Gasteiger partial charge in [0.25, 0.3) is 11.6 Å². The van der Waals surface area contributed by atoms with Crippen molar-refractivity contribution < 1.29 is 19.2 Å². The molecule has 8 nitrogen and oxygen atoms in total. The van der Waals surface area contributed by atoms with E-state index in [1.165, 1.54) is 25.5 Å². The lowest BCUT2D eigenvalue weighted by molar-refractivity contribution is -0.384. The lowest BCUT2D eigenvalue weighted by Crippen LogP contribution is -2.22. The van der Waals surface area contributed by atoms with Gasteiger partial charge in [0.05, 0.1) is 30.3 Å². The number of rotatable bonds is 6. The molecule has 0 aliphatic carbocycles. The second kappa shape index (κ2) is 8.84. The van der Waals surface area contributed by atoms with E-state index in [1.807, 2.05) is 0 Å². The van der Waals surface area contributed by atoms with Crippen LogP contribution in [0.4, 0.5) is 5.69 Å². The first kappa shape index (κ1) is 20.5. The number of methoxy groups -OCH3 is 2. The zero-order chi connectivity index (χ0) is 21.0. The number of carbonyl (C=O) groups is 1. The highest BCUT2D eigenvalue weighted by Crippen LogP contribution is 2.33. The van der Waals surface area contributed by atoms with Crippen LogP contribution in [-0.4, -0.2) is 40.6 Å². The third-order valence-corrected chi connectivity index (χ3v) is 5.19. The summed E-state index contributed by atoms with van der Waals surface area (Å²) in [5, 5.41) is 16.2. The fraction of sp³-hybridized carbons (Fsp3) is 0.105. The van der Waals surface area contributed by atoms with Crippen LogP contribution < -0.4 is 9.47 Å². The van der Waals surface area contributed by atoms with Gasteiger partial charge in [-0.15, -0.1) is 0 Å². The Labute approximate surface area is 175 Å². The molecule has 1 aliphatic heterocycles. The number of nitro benzene ring substituents is 1. The lowest BCUT2D eigenvalue weighted by Gasteiger charge is -2.09. The van der Waals surface area contributed by atoms with Crippen LogP contribution in [0.2, 0.25) is 0 Å². The average Bonchev–Trinajstić information content (AvgIpc) is 2.99. The van der Waals surface area contributed by atoms with Crippen molar-refractivity contribution in [2.45, 2.75) is 0 Å². The summed E-state index contributed by atoms with van der Waals surface area (Å²) in [4.78, 5) is 23.4. The van der Waals surface area contributed by atoms with Crippen LogP contribution in [0, 0.1) is 10.1 Å². The molecule has 1 saturated heterocycles. The molecule has 1 fully saturated rings. The van der Waals surface area contributed by atoms with Crippen molar-refractivity contribution in [3.8, 4) is 11.5 Å². The molecule has 29 heavy (non-hydrogen) atoms. The summed E-state index contributed by atoms with van der Waals surface area (Å²) >= 11 is 6.32. The predicted octanol–water partition coefficient (Wildman–Crippen LogP) is 3.85. The van der Waals surface area contributed by atoms with Crippen molar-refractivity contribution in [3.05, 3.63) is 68.6 Å². The van der Waals surface area contributed by atoms with Crippen LogP contribution in [0.5, 0.6) is 11.5 Å². The van der Waals surface area contributed by atoms with Gasteiger partial charge in [0.1, 0.15) is 11.5 Å². The van der Waals surface area contributed by atoms with Crippen LogP contribution in [0.3, 0.4) is 0 Å². The molecule has 0 atom stereocenters. The van der Waals surface area contributed by atoms with Crippen LogP contribution >= 0.6 is 24.0 Å². The summed E-state index contributed by atoms with van der Waals surface area (Å²) in [7, 11) is 3.07. The van der Waals surface area contributed by atoms with Gasteiger partial charge >= 0.3 is 0 Å².